The Morgan fingerprint density at radius 3 is 2.69 bits per heavy atom. The second-order valence-corrected chi connectivity index (χ2v) is 6.61. The van der Waals surface area contributed by atoms with Crippen molar-refractivity contribution < 1.29 is 4.79 Å². The molecule has 3 heterocycles. The highest BCUT2D eigenvalue weighted by atomic mass is 16.2. The minimum absolute atomic E-state index is 0.0163. The van der Waals surface area contributed by atoms with Crippen LogP contribution in [0.25, 0.3) is 0 Å². The van der Waals surface area contributed by atoms with Crippen molar-refractivity contribution in [3.05, 3.63) is 57.0 Å². The molecule has 8 heteroatoms. The van der Waals surface area contributed by atoms with Crippen molar-refractivity contribution in [1.29, 1.82) is 0 Å². The van der Waals surface area contributed by atoms with Crippen LogP contribution in [0.3, 0.4) is 0 Å². The summed E-state index contributed by atoms with van der Waals surface area (Å²) in [6.45, 7) is 1.55. The van der Waals surface area contributed by atoms with Crippen LogP contribution >= 0.6 is 0 Å². The average Bonchev–Trinajstić information content (AvgIpc) is 2.68. The van der Waals surface area contributed by atoms with Crippen LogP contribution in [0.15, 0.2) is 40.1 Å². The van der Waals surface area contributed by atoms with Gasteiger partial charge in [-0.2, -0.15) is 0 Å². The normalized spacial score (nSPS) is 17.2. The summed E-state index contributed by atoms with van der Waals surface area (Å²) in [6, 6.07) is 6.97. The van der Waals surface area contributed by atoms with E-state index >= 15 is 0 Å². The number of likely N-dealkylation sites (N-methyl/N-ethyl adjacent to an activating group) is 1. The number of aromatic nitrogens is 3. The highest BCUT2D eigenvalue weighted by Crippen LogP contribution is 2.20. The molecule has 3 rings (SSSR count). The van der Waals surface area contributed by atoms with Gasteiger partial charge in [0, 0.05) is 52.5 Å². The fraction of sp³-hybridized carbons (Fsp3) is 0.444. The van der Waals surface area contributed by atoms with E-state index in [1.807, 2.05) is 18.2 Å². The molecule has 2 aromatic heterocycles. The van der Waals surface area contributed by atoms with Crippen molar-refractivity contribution in [3.63, 3.8) is 0 Å². The number of amides is 1. The molecule has 1 unspecified atom stereocenters. The van der Waals surface area contributed by atoms with Gasteiger partial charge in [0.2, 0.25) is 0 Å². The van der Waals surface area contributed by atoms with E-state index in [2.05, 4.69) is 9.88 Å². The van der Waals surface area contributed by atoms with E-state index in [0.717, 1.165) is 29.8 Å². The smallest absolute Gasteiger partial charge is 0.331 e. The first-order valence-corrected chi connectivity index (χ1v) is 8.60. The summed E-state index contributed by atoms with van der Waals surface area (Å²) >= 11 is 0. The largest absolute Gasteiger partial charge is 0.355 e. The minimum Gasteiger partial charge on any atom is -0.355 e. The molecule has 0 aromatic carbocycles. The third kappa shape index (κ3) is 3.26. The Kier molecular flexibility index (Phi) is 4.92. The Morgan fingerprint density at radius 2 is 2.00 bits per heavy atom. The lowest BCUT2D eigenvalue weighted by atomic mass is 10.0. The van der Waals surface area contributed by atoms with Crippen molar-refractivity contribution in [2.24, 2.45) is 14.1 Å². The highest BCUT2D eigenvalue weighted by Gasteiger charge is 2.28. The molecular weight excluding hydrogens is 334 g/mol. The highest BCUT2D eigenvalue weighted by molar-refractivity contribution is 5.92. The number of rotatable bonds is 3. The number of pyridine rings is 1. The molecule has 1 aliphatic rings. The Hall–Kier alpha value is -2.90. The summed E-state index contributed by atoms with van der Waals surface area (Å²) in [6.07, 6.45) is 3.56. The summed E-state index contributed by atoms with van der Waals surface area (Å²) in [5.74, 6) is 0.564. The SMILES string of the molecule is CN(C(=O)c1cc(=O)n(C)c(=O)n1C)C1CCCN(c2ccccn2)C1. The van der Waals surface area contributed by atoms with Gasteiger partial charge in [-0.05, 0) is 25.0 Å². The summed E-state index contributed by atoms with van der Waals surface area (Å²) < 4.78 is 2.21. The number of carbonyl (C=O) groups is 1. The van der Waals surface area contributed by atoms with Gasteiger partial charge in [0.05, 0.1) is 0 Å². The van der Waals surface area contributed by atoms with Gasteiger partial charge in [-0.1, -0.05) is 6.07 Å². The number of anilines is 1. The predicted octanol–water partition coefficient (Wildman–Crippen LogP) is 0.220. The molecule has 2 aromatic rings. The fourth-order valence-corrected chi connectivity index (χ4v) is 3.30. The van der Waals surface area contributed by atoms with Crippen LogP contribution in [0, 0.1) is 0 Å². The Balaban J connectivity index is 1.83. The van der Waals surface area contributed by atoms with Gasteiger partial charge >= 0.3 is 5.69 Å². The summed E-state index contributed by atoms with van der Waals surface area (Å²) in [5, 5.41) is 0. The van der Waals surface area contributed by atoms with Gasteiger partial charge in [-0.3, -0.25) is 18.7 Å². The monoisotopic (exact) mass is 357 g/mol. The third-order valence-electron chi connectivity index (χ3n) is 4.98. The second kappa shape index (κ2) is 7.15. The Morgan fingerprint density at radius 1 is 1.23 bits per heavy atom. The van der Waals surface area contributed by atoms with Crippen LogP contribution in [0.1, 0.15) is 23.3 Å². The quantitative estimate of drug-likeness (QED) is 0.785. The van der Waals surface area contributed by atoms with Crippen LogP contribution in [0.4, 0.5) is 5.82 Å². The lowest BCUT2D eigenvalue weighted by Gasteiger charge is -2.38. The van der Waals surface area contributed by atoms with Crippen LogP contribution < -0.4 is 16.1 Å². The molecule has 0 saturated carbocycles. The maximum absolute atomic E-state index is 12.9. The summed E-state index contributed by atoms with van der Waals surface area (Å²) in [7, 11) is 4.62. The number of piperidine rings is 1. The number of hydrogen-bond acceptors (Lipinski definition) is 5. The van der Waals surface area contributed by atoms with Gasteiger partial charge in [-0.15, -0.1) is 0 Å². The predicted molar refractivity (Wildman–Crippen MR) is 98.5 cm³/mol. The zero-order valence-corrected chi connectivity index (χ0v) is 15.3. The van der Waals surface area contributed by atoms with Crippen LogP contribution in [-0.2, 0) is 14.1 Å². The topological polar surface area (TPSA) is 80.4 Å². The summed E-state index contributed by atoms with van der Waals surface area (Å²) in [5.41, 5.74) is -0.882. The van der Waals surface area contributed by atoms with E-state index in [1.54, 1.807) is 18.1 Å². The minimum atomic E-state index is -0.506. The average molecular weight is 357 g/mol. The number of carbonyl (C=O) groups excluding carboxylic acids is 1. The van der Waals surface area contributed by atoms with E-state index in [0.29, 0.717) is 6.54 Å². The van der Waals surface area contributed by atoms with Crippen molar-refractivity contribution in [2.45, 2.75) is 18.9 Å². The van der Waals surface area contributed by atoms with E-state index < -0.39 is 11.2 Å². The van der Waals surface area contributed by atoms with E-state index in [9.17, 15) is 14.4 Å². The van der Waals surface area contributed by atoms with Gasteiger partial charge in [0.15, 0.2) is 0 Å². The van der Waals surface area contributed by atoms with Crippen LogP contribution in [0.2, 0.25) is 0 Å². The molecule has 8 nitrogen and oxygen atoms in total. The molecule has 1 atom stereocenters. The Labute approximate surface area is 151 Å². The molecule has 138 valence electrons. The molecule has 0 bridgehead atoms. The molecule has 0 aliphatic carbocycles. The number of hydrogen-bond donors (Lipinski definition) is 0. The lowest BCUT2D eigenvalue weighted by molar-refractivity contribution is 0.0705. The van der Waals surface area contributed by atoms with Crippen LogP contribution in [0.5, 0.6) is 0 Å². The van der Waals surface area contributed by atoms with Crippen molar-refractivity contribution in [1.82, 2.24) is 19.0 Å². The first-order chi connectivity index (χ1) is 12.4. The van der Waals surface area contributed by atoms with Crippen molar-refractivity contribution in [3.8, 4) is 0 Å². The standard InChI is InChI=1S/C18H23N5O3/c1-20(17(25)14-11-16(24)22(3)18(26)21(14)2)13-7-6-10-23(12-13)15-8-4-5-9-19-15/h4-5,8-9,11,13H,6-7,10,12H2,1-3H3. The van der Waals surface area contributed by atoms with E-state index in [1.165, 1.54) is 24.7 Å². The molecule has 0 spiro atoms. The first-order valence-electron chi connectivity index (χ1n) is 8.60. The molecule has 1 saturated heterocycles. The molecule has 1 fully saturated rings. The van der Waals surface area contributed by atoms with Gasteiger partial charge in [0.1, 0.15) is 11.5 Å². The molecule has 0 N–H and O–H groups in total. The molecule has 1 aliphatic heterocycles. The lowest BCUT2D eigenvalue weighted by Crippen LogP contribution is -2.50. The summed E-state index contributed by atoms with van der Waals surface area (Å²) in [4.78, 5) is 45.1. The van der Waals surface area contributed by atoms with Gasteiger partial charge in [-0.25, -0.2) is 9.78 Å². The van der Waals surface area contributed by atoms with Gasteiger partial charge < -0.3 is 9.80 Å². The van der Waals surface area contributed by atoms with Gasteiger partial charge in [0.25, 0.3) is 11.5 Å². The molecular formula is C18H23N5O3. The van der Waals surface area contributed by atoms with Crippen molar-refractivity contribution in [2.75, 3.05) is 25.0 Å². The third-order valence-corrected chi connectivity index (χ3v) is 4.98. The van der Waals surface area contributed by atoms with Crippen molar-refractivity contribution >= 4 is 11.7 Å². The molecule has 1 amide bonds. The van der Waals surface area contributed by atoms with E-state index in [4.69, 9.17) is 0 Å². The fourth-order valence-electron chi connectivity index (χ4n) is 3.30. The number of nitrogens with zero attached hydrogens (tertiary/aromatic N) is 5. The molecule has 0 radical (unpaired) electrons. The maximum atomic E-state index is 12.9. The van der Waals surface area contributed by atoms with E-state index in [-0.39, 0.29) is 17.6 Å². The zero-order chi connectivity index (χ0) is 18.8. The Bertz CT molecular complexity index is 919. The molecule has 26 heavy (non-hydrogen) atoms. The second-order valence-electron chi connectivity index (χ2n) is 6.61. The zero-order valence-electron chi connectivity index (χ0n) is 15.3. The van der Waals surface area contributed by atoms with Crippen LogP contribution in [-0.4, -0.2) is 51.1 Å². The first kappa shape index (κ1) is 17.9. The maximum Gasteiger partial charge on any atom is 0.331 e.